The number of hydrogen-bond donors (Lipinski definition) is 0. The van der Waals surface area contributed by atoms with E-state index in [0.717, 1.165) is 0 Å². The molecular formula is C19H27N. The minimum Gasteiger partial charge on any atom is -0.298 e. The molecule has 0 aromatic heterocycles. The van der Waals surface area contributed by atoms with Gasteiger partial charge in [0.1, 0.15) is 0 Å². The largest absolute Gasteiger partial charge is 0.298 e. The Balaban J connectivity index is 1.88. The van der Waals surface area contributed by atoms with E-state index in [-0.39, 0.29) is 5.41 Å². The highest BCUT2D eigenvalue weighted by molar-refractivity contribution is 5.65. The lowest BCUT2D eigenvalue weighted by molar-refractivity contribution is 0.0403. The average molecular weight is 269 g/mol. The maximum absolute atomic E-state index is 2.69. The van der Waals surface area contributed by atoms with Gasteiger partial charge in [0.2, 0.25) is 0 Å². The van der Waals surface area contributed by atoms with E-state index >= 15 is 0 Å². The molecule has 1 heteroatoms. The number of likely N-dealkylation sites (tertiary alicyclic amines) is 1. The summed E-state index contributed by atoms with van der Waals surface area (Å²) in [5.74, 6) is 0.682. The summed E-state index contributed by atoms with van der Waals surface area (Å²) >= 11 is 0. The van der Waals surface area contributed by atoms with Crippen LogP contribution in [0, 0.1) is 5.92 Å². The molecular weight excluding hydrogens is 242 g/mol. The number of rotatable bonds is 2. The van der Waals surface area contributed by atoms with Crippen LogP contribution in [-0.2, 0) is 5.41 Å². The maximum Gasteiger partial charge on any atom is 0.0191 e. The van der Waals surface area contributed by atoms with E-state index in [0.29, 0.717) is 11.5 Å². The number of nitrogens with zero attached hydrogens (tertiary/aromatic N) is 1. The van der Waals surface area contributed by atoms with Crippen molar-refractivity contribution in [2.24, 2.45) is 5.92 Å². The molecule has 1 heterocycles. The monoisotopic (exact) mass is 269 g/mol. The van der Waals surface area contributed by atoms with Crippen molar-refractivity contribution in [3.63, 3.8) is 0 Å². The normalized spacial score (nSPS) is 29.9. The van der Waals surface area contributed by atoms with Crippen LogP contribution >= 0.6 is 0 Å². The molecule has 0 N–H and O–H groups in total. The molecule has 2 aliphatic rings. The Labute approximate surface area is 123 Å². The van der Waals surface area contributed by atoms with E-state index in [9.17, 15) is 0 Å². The minimum absolute atomic E-state index is 0.289. The van der Waals surface area contributed by atoms with Crippen molar-refractivity contribution in [3.8, 4) is 0 Å². The fourth-order valence-corrected chi connectivity index (χ4v) is 3.97. The van der Waals surface area contributed by atoms with Gasteiger partial charge in [0.15, 0.2) is 0 Å². The summed E-state index contributed by atoms with van der Waals surface area (Å²) < 4.78 is 0. The van der Waals surface area contributed by atoms with Gasteiger partial charge in [-0.1, -0.05) is 50.3 Å². The van der Waals surface area contributed by atoms with Crippen LogP contribution in [0.1, 0.15) is 51.7 Å². The van der Waals surface area contributed by atoms with Gasteiger partial charge in [0.25, 0.3) is 0 Å². The Kier molecular flexibility index (Phi) is 3.29. The van der Waals surface area contributed by atoms with Crippen molar-refractivity contribution in [1.29, 1.82) is 0 Å². The molecule has 1 unspecified atom stereocenters. The lowest BCUT2D eigenvalue weighted by Crippen LogP contribution is -2.54. The number of allylic oxidation sites excluding steroid dienone is 1. The molecule has 1 aromatic rings. The zero-order chi connectivity index (χ0) is 14.4. The second-order valence-corrected chi connectivity index (χ2v) is 7.22. The van der Waals surface area contributed by atoms with Crippen molar-refractivity contribution in [2.75, 3.05) is 13.1 Å². The SMILES string of the molecule is CCC(C)(C)N1CCC2(C=Cc3ccccc32)[C@@H](C)C1. The van der Waals surface area contributed by atoms with Crippen LogP contribution in [-0.4, -0.2) is 23.5 Å². The van der Waals surface area contributed by atoms with Crippen LogP contribution in [0.5, 0.6) is 0 Å². The van der Waals surface area contributed by atoms with Crippen LogP contribution in [0.15, 0.2) is 30.3 Å². The number of benzene rings is 1. The van der Waals surface area contributed by atoms with Crippen LogP contribution < -0.4 is 0 Å². The van der Waals surface area contributed by atoms with Crippen molar-refractivity contribution >= 4 is 6.08 Å². The molecule has 0 radical (unpaired) electrons. The highest BCUT2D eigenvalue weighted by Crippen LogP contribution is 2.47. The van der Waals surface area contributed by atoms with E-state index in [1.807, 2.05) is 0 Å². The van der Waals surface area contributed by atoms with Crippen LogP contribution in [0.4, 0.5) is 0 Å². The lowest BCUT2D eigenvalue weighted by Gasteiger charge is -2.50. The lowest BCUT2D eigenvalue weighted by atomic mass is 9.67. The first kappa shape index (κ1) is 13.9. The zero-order valence-electron chi connectivity index (χ0n) is 13.3. The van der Waals surface area contributed by atoms with Gasteiger partial charge in [-0.15, -0.1) is 0 Å². The second-order valence-electron chi connectivity index (χ2n) is 7.22. The predicted octanol–water partition coefficient (Wildman–Crippen LogP) is 4.48. The van der Waals surface area contributed by atoms with Gasteiger partial charge in [0, 0.05) is 17.5 Å². The second kappa shape index (κ2) is 4.73. The summed E-state index contributed by atoms with van der Waals surface area (Å²) in [4.78, 5) is 2.69. The van der Waals surface area contributed by atoms with E-state index in [1.54, 1.807) is 5.56 Å². The minimum atomic E-state index is 0.289. The number of hydrogen-bond acceptors (Lipinski definition) is 1. The van der Waals surface area contributed by atoms with Gasteiger partial charge in [0.05, 0.1) is 0 Å². The average Bonchev–Trinajstić information content (AvgIpc) is 2.82. The molecule has 1 aliphatic heterocycles. The molecule has 20 heavy (non-hydrogen) atoms. The summed E-state index contributed by atoms with van der Waals surface area (Å²) in [6.07, 6.45) is 7.30. The number of piperidine rings is 1. The molecule has 1 nitrogen and oxygen atoms in total. The molecule has 1 fully saturated rings. The van der Waals surface area contributed by atoms with Gasteiger partial charge in [-0.3, -0.25) is 4.90 Å². The van der Waals surface area contributed by atoms with Crippen molar-refractivity contribution < 1.29 is 0 Å². The summed E-state index contributed by atoms with van der Waals surface area (Å²) in [5, 5.41) is 0. The van der Waals surface area contributed by atoms with Gasteiger partial charge in [-0.25, -0.2) is 0 Å². The van der Waals surface area contributed by atoms with Crippen LogP contribution in [0.2, 0.25) is 0 Å². The summed E-state index contributed by atoms with van der Waals surface area (Å²) in [7, 11) is 0. The first-order valence-electron chi connectivity index (χ1n) is 8.03. The molecule has 1 spiro atoms. The molecule has 0 saturated carbocycles. The molecule has 0 amide bonds. The molecule has 1 saturated heterocycles. The Morgan fingerprint density at radius 2 is 2.05 bits per heavy atom. The highest BCUT2D eigenvalue weighted by Gasteiger charge is 2.45. The van der Waals surface area contributed by atoms with E-state index < -0.39 is 0 Å². The summed E-state index contributed by atoms with van der Waals surface area (Å²) in [6.45, 7) is 11.9. The number of fused-ring (bicyclic) bond motifs is 2. The van der Waals surface area contributed by atoms with Gasteiger partial charge in [-0.2, -0.15) is 0 Å². The third-order valence-corrected chi connectivity index (χ3v) is 5.91. The standard InChI is InChI=1S/C19H27N/c1-5-18(3,4)20-13-12-19(15(2)14-20)11-10-16-8-6-7-9-17(16)19/h6-11,15H,5,12-14H2,1-4H3/t15-,19?/m0/s1. The Hall–Kier alpha value is -1.08. The van der Waals surface area contributed by atoms with E-state index in [4.69, 9.17) is 0 Å². The predicted molar refractivity (Wildman–Crippen MR) is 86.9 cm³/mol. The summed E-state index contributed by atoms with van der Waals surface area (Å²) in [5.41, 5.74) is 3.61. The van der Waals surface area contributed by atoms with Gasteiger partial charge < -0.3 is 0 Å². The van der Waals surface area contributed by atoms with Crippen molar-refractivity contribution in [1.82, 2.24) is 4.90 Å². The van der Waals surface area contributed by atoms with Gasteiger partial charge >= 0.3 is 0 Å². The zero-order valence-corrected chi connectivity index (χ0v) is 13.3. The van der Waals surface area contributed by atoms with Crippen LogP contribution in [0.3, 0.4) is 0 Å². The smallest absolute Gasteiger partial charge is 0.0191 e. The molecule has 3 rings (SSSR count). The first-order chi connectivity index (χ1) is 9.49. The fraction of sp³-hybridized carbons (Fsp3) is 0.579. The van der Waals surface area contributed by atoms with Crippen LogP contribution in [0.25, 0.3) is 6.08 Å². The Bertz CT molecular complexity index is 528. The molecule has 108 valence electrons. The van der Waals surface area contributed by atoms with Gasteiger partial charge in [-0.05, 0) is 50.3 Å². The quantitative estimate of drug-likeness (QED) is 0.765. The van der Waals surface area contributed by atoms with Crippen molar-refractivity contribution in [3.05, 3.63) is 41.5 Å². The third-order valence-electron chi connectivity index (χ3n) is 5.91. The first-order valence-corrected chi connectivity index (χ1v) is 8.03. The molecule has 1 aromatic carbocycles. The Morgan fingerprint density at radius 3 is 2.75 bits per heavy atom. The molecule has 2 atom stereocenters. The van der Waals surface area contributed by atoms with E-state index in [2.05, 4.69) is 69.0 Å². The molecule has 0 bridgehead atoms. The third kappa shape index (κ3) is 1.95. The fourth-order valence-electron chi connectivity index (χ4n) is 3.97. The highest BCUT2D eigenvalue weighted by atomic mass is 15.2. The topological polar surface area (TPSA) is 3.24 Å². The van der Waals surface area contributed by atoms with E-state index in [1.165, 1.54) is 31.5 Å². The summed E-state index contributed by atoms with van der Waals surface area (Å²) in [6, 6.07) is 8.95. The van der Waals surface area contributed by atoms with Crippen molar-refractivity contribution in [2.45, 2.75) is 51.5 Å². The Morgan fingerprint density at radius 1 is 1.30 bits per heavy atom. The molecule has 1 aliphatic carbocycles. The maximum atomic E-state index is 2.69.